The number of hydrogen-bond donors (Lipinski definition) is 1. The highest BCUT2D eigenvalue weighted by Gasteiger charge is 2.21. The van der Waals surface area contributed by atoms with Crippen molar-refractivity contribution >= 4 is 5.91 Å². The average molecular weight is 381 g/mol. The molecule has 2 heterocycles. The zero-order valence-electron chi connectivity index (χ0n) is 16.3. The molecule has 1 unspecified atom stereocenters. The topological polar surface area (TPSA) is 54.0 Å². The van der Waals surface area contributed by atoms with Gasteiger partial charge in [-0.15, -0.1) is 0 Å². The summed E-state index contributed by atoms with van der Waals surface area (Å²) in [7, 11) is 0. The van der Waals surface area contributed by atoms with Gasteiger partial charge in [-0.2, -0.15) is 0 Å². The molecule has 0 bridgehead atoms. The van der Waals surface area contributed by atoms with Crippen LogP contribution in [0.3, 0.4) is 0 Å². The Labute approximate surface area is 166 Å². The van der Waals surface area contributed by atoms with Crippen LogP contribution in [0.4, 0.5) is 0 Å². The number of amides is 1. The third kappa shape index (κ3) is 4.64. The first-order valence-electron chi connectivity index (χ1n) is 9.85. The van der Waals surface area contributed by atoms with E-state index in [9.17, 15) is 4.79 Å². The van der Waals surface area contributed by atoms with Crippen LogP contribution in [0.25, 0.3) is 0 Å². The Morgan fingerprint density at radius 3 is 2.50 bits per heavy atom. The number of ether oxygens (including phenoxy) is 2. The summed E-state index contributed by atoms with van der Waals surface area (Å²) in [5.41, 5.74) is 2.36. The van der Waals surface area contributed by atoms with E-state index in [4.69, 9.17) is 9.47 Å². The average Bonchev–Trinajstić information content (AvgIpc) is 3.18. The Kier molecular flexibility index (Phi) is 5.78. The number of fused-ring (bicyclic) bond motifs is 1. The minimum absolute atomic E-state index is 0.0571. The lowest BCUT2D eigenvalue weighted by atomic mass is 10.1. The maximum absolute atomic E-state index is 12.5. The first kappa shape index (κ1) is 18.8. The van der Waals surface area contributed by atoms with Gasteiger partial charge in [-0.05, 0) is 30.2 Å². The van der Waals surface area contributed by atoms with E-state index >= 15 is 0 Å². The highest BCUT2D eigenvalue weighted by Crippen LogP contribution is 2.34. The van der Waals surface area contributed by atoms with Gasteiger partial charge in [0.2, 0.25) is 12.7 Å². The molecule has 0 aromatic heterocycles. The van der Waals surface area contributed by atoms with Crippen LogP contribution in [-0.4, -0.2) is 55.2 Å². The number of nitrogens with zero attached hydrogens (tertiary/aromatic N) is 2. The van der Waals surface area contributed by atoms with Crippen LogP contribution in [0.1, 0.15) is 24.1 Å². The van der Waals surface area contributed by atoms with Crippen molar-refractivity contribution < 1.29 is 14.3 Å². The highest BCUT2D eigenvalue weighted by atomic mass is 16.7. The van der Waals surface area contributed by atoms with E-state index < -0.39 is 0 Å². The van der Waals surface area contributed by atoms with E-state index in [2.05, 4.69) is 39.4 Å². The maximum atomic E-state index is 12.5. The lowest BCUT2D eigenvalue weighted by Gasteiger charge is -2.34. The summed E-state index contributed by atoms with van der Waals surface area (Å²) < 4.78 is 10.8. The molecule has 1 fully saturated rings. The van der Waals surface area contributed by atoms with Gasteiger partial charge in [0.25, 0.3) is 0 Å². The molecular weight excluding hydrogens is 354 g/mol. The van der Waals surface area contributed by atoms with Gasteiger partial charge in [0.1, 0.15) is 0 Å². The summed E-state index contributed by atoms with van der Waals surface area (Å²) in [4.78, 5) is 17.1. The van der Waals surface area contributed by atoms with Crippen molar-refractivity contribution in [1.82, 2.24) is 15.1 Å². The maximum Gasteiger partial charge on any atom is 0.234 e. The molecule has 0 saturated carbocycles. The normalized spacial score (nSPS) is 18.0. The first-order chi connectivity index (χ1) is 13.7. The Hall–Kier alpha value is -2.57. The van der Waals surface area contributed by atoms with Crippen LogP contribution in [0.2, 0.25) is 0 Å². The summed E-state index contributed by atoms with van der Waals surface area (Å²) in [5.74, 6) is 1.56. The minimum Gasteiger partial charge on any atom is -0.454 e. The van der Waals surface area contributed by atoms with Crippen LogP contribution in [-0.2, 0) is 11.3 Å². The van der Waals surface area contributed by atoms with Gasteiger partial charge in [0.15, 0.2) is 11.5 Å². The van der Waals surface area contributed by atoms with Gasteiger partial charge in [0, 0.05) is 32.7 Å². The van der Waals surface area contributed by atoms with Crippen molar-refractivity contribution in [2.75, 3.05) is 39.5 Å². The molecule has 28 heavy (non-hydrogen) atoms. The van der Waals surface area contributed by atoms with Crippen molar-refractivity contribution in [3.63, 3.8) is 0 Å². The molecule has 2 aromatic carbocycles. The molecule has 0 aliphatic carbocycles. The zero-order chi connectivity index (χ0) is 19.3. The molecule has 1 amide bonds. The second-order valence-corrected chi connectivity index (χ2v) is 7.44. The number of carbonyl (C=O) groups excluding carboxylic acids is 1. The van der Waals surface area contributed by atoms with Crippen molar-refractivity contribution in [3.05, 3.63) is 59.7 Å². The van der Waals surface area contributed by atoms with Gasteiger partial charge >= 0.3 is 0 Å². The number of nitrogens with one attached hydrogen (secondary N) is 1. The minimum atomic E-state index is -0.0682. The zero-order valence-corrected chi connectivity index (χ0v) is 16.3. The molecule has 148 valence electrons. The van der Waals surface area contributed by atoms with Gasteiger partial charge in [-0.3, -0.25) is 14.6 Å². The monoisotopic (exact) mass is 381 g/mol. The highest BCUT2D eigenvalue weighted by molar-refractivity contribution is 5.78. The van der Waals surface area contributed by atoms with E-state index in [0.717, 1.165) is 49.8 Å². The smallest absolute Gasteiger partial charge is 0.234 e. The molecular formula is C22H27N3O3. The third-order valence-electron chi connectivity index (χ3n) is 5.36. The molecule has 2 aromatic rings. The van der Waals surface area contributed by atoms with Crippen molar-refractivity contribution in [2.45, 2.75) is 19.5 Å². The van der Waals surface area contributed by atoms with Gasteiger partial charge < -0.3 is 14.8 Å². The second kappa shape index (κ2) is 8.63. The van der Waals surface area contributed by atoms with E-state index in [-0.39, 0.29) is 18.7 Å². The summed E-state index contributed by atoms with van der Waals surface area (Å²) >= 11 is 0. The van der Waals surface area contributed by atoms with E-state index in [0.29, 0.717) is 6.54 Å². The van der Waals surface area contributed by atoms with Crippen LogP contribution in [0, 0.1) is 0 Å². The SMILES string of the molecule is CC(NC(=O)CN1CCN(Cc2ccccc2)CC1)c1ccc2c(c1)OCO2. The Balaban J connectivity index is 1.22. The van der Waals surface area contributed by atoms with Crippen molar-refractivity contribution in [2.24, 2.45) is 0 Å². The standard InChI is InChI=1S/C22H27N3O3/c1-17(19-7-8-20-21(13-19)28-16-27-20)23-22(26)15-25-11-9-24(10-12-25)14-18-5-3-2-4-6-18/h2-8,13,17H,9-12,14-16H2,1H3,(H,23,26). The largest absolute Gasteiger partial charge is 0.454 e. The quantitative estimate of drug-likeness (QED) is 0.833. The summed E-state index contributed by atoms with van der Waals surface area (Å²) in [6.45, 7) is 7.47. The molecule has 0 radical (unpaired) electrons. The number of rotatable bonds is 6. The summed E-state index contributed by atoms with van der Waals surface area (Å²) in [6.07, 6.45) is 0. The predicted octanol–water partition coefficient (Wildman–Crippen LogP) is 2.41. The van der Waals surface area contributed by atoms with E-state index in [1.165, 1.54) is 5.56 Å². The fourth-order valence-corrected chi connectivity index (χ4v) is 3.70. The van der Waals surface area contributed by atoms with Crippen LogP contribution < -0.4 is 14.8 Å². The molecule has 1 N–H and O–H groups in total. The molecule has 1 saturated heterocycles. The lowest BCUT2D eigenvalue weighted by Crippen LogP contribution is -2.49. The second-order valence-electron chi connectivity index (χ2n) is 7.44. The fourth-order valence-electron chi connectivity index (χ4n) is 3.70. The van der Waals surface area contributed by atoms with Gasteiger partial charge in [0.05, 0.1) is 12.6 Å². The number of piperazine rings is 1. The molecule has 2 aliphatic rings. The molecule has 1 atom stereocenters. The Morgan fingerprint density at radius 1 is 1.00 bits per heavy atom. The van der Waals surface area contributed by atoms with Crippen molar-refractivity contribution in [1.29, 1.82) is 0 Å². The predicted molar refractivity (Wildman–Crippen MR) is 107 cm³/mol. The summed E-state index contributed by atoms with van der Waals surface area (Å²) in [6, 6.07) is 16.3. The van der Waals surface area contributed by atoms with Gasteiger partial charge in [-0.1, -0.05) is 36.4 Å². The molecule has 0 spiro atoms. The Bertz CT molecular complexity index is 804. The number of carbonyl (C=O) groups is 1. The Morgan fingerprint density at radius 2 is 1.71 bits per heavy atom. The third-order valence-corrected chi connectivity index (χ3v) is 5.36. The van der Waals surface area contributed by atoms with Crippen LogP contribution in [0.5, 0.6) is 11.5 Å². The van der Waals surface area contributed by atoms with Crippen LogP contribution >= 0.6 is 0 Å². The molecule has 6 nitrogen and oxygen atoms in total. The summed E-state index contributed by atoms with van der Waals surface area (Å²) in [5, 5.41) is 3.10. The van der Waals surface area contributed by atoms with Gasteiger partial charge in [-0.25, -0.2) is 0 Å². The number of hydrogen-bond acceptors (Lipinski definition) is 5. The van der Waals surface area contributed by atoms with E-state index in [1.807, 2.05) is 31.2 Å². The van der Waals surface area contributed by atoms with Crippen molar-refractivity contribution in [3.8, 4) is 11.5 Å². The number of benzene rings is 2. The fraction of sp³-hybridized carbons (Fsp3) is 0.409. The van der Waals surface area contributed by atoms with Crippen LogP contribution in [0.15, 0.2) is 48.5 Å². The molecule has 4 rings (SSSR count). The van der Waals surface area contributed by atoms with E-state index in [1.54, 1.807) is 0 Å². The lowest BCUT2D eigenvalue weighted by molar-refractivity contribution is -0.123. The first-order valence-corrected chi connectivity index (χ1v) is 9.85. The molecule has 6 heteroatoms. The molecule has 2 aliphatic heterocycles.